The quantitative estimate of drug-likeness (QED) is 0.233. The standard InChI is InChI=1S/C25H22N6O4/c1-26-30-20-16-9-5-3-7-14(16)11-18(22(20)32)24(34)28-13-29-25(35)19-12-15-8-4-6-10-17(15)21(23(19)33)31-27-2/h3-12,32-33H,13H2,1-2H3,(H,28,34)(H,29,35). The highest BCUT2D eigenvalue weighted by molar-refractivity contribution is 6.08. The molecule has 10 nitrogen and oxygen atoms in total. The molecule has 0 heterocycles. The van der Waals surface area contributed by atoms with Gasteiger partial charge in [-0.25, -0.2) is 0 Å². The zero-order valence-corrected chi connectivity index (χ0v) is 19.0. The zero-order valence-electron chi connectivity index (χ0n) is 19.0. The number of phenols is 2. The molecule has 176 valence electrons. The average Bonchev–Trinajstić information content (AvgIpc) is 2.87. The van der Waals surface area contributed by atoms with Crippen molar-refractivity contribution in [1.29, 1.82) is 0 Å². The lowest BCUT2D eigenvalue weighted by atomic mass is 10.0. The minimum atomic E-state index is -0.621. The lowest BCUT2D eigenvalue weighted by Crippen LogP contribution is -2.37. The number of nitrogens with one attached hydrogen (secondary N) is 2. The van der Waals surface area contributed by atoms with E-state index in [1.165, 1.54) is 26.2 Å². The van der Waals surface area contributed by atoms with Gasteiger partial charge in [0.05, 0.1) is 17.8 Å². The summed E-state index contributed by atoms with van der Waals surface area (Å²) in [7, 11) is 2.93. The van der Waals surface area contributed by atoms with Crippen LogP contribution in [0.5, 0.6) is 11.5 Å². The Bertz CT molecular complexity index is 1400. The third-order valence-corrected chi connectivity index (χ3v) is 5.38. The van der Waals surface area contributed by atoms with E-state index in [0.717, 1.165) is 0 Å². The van der Waals surface area contributed by atoms with Crippen LogP contribution in [0.25, 0.3) is 21.5 Å². The molecule has 0 aromatic heterocycles. The van der Waals surface area contributed by atoms with Crippen molar-refractivity contribution < 1.29 is 19.8 Å². The second-order valence-electron chi connectivity index (χ2n) is 7.47. The first-order valence-electron chi connectivity index (χ1n) is 10.6. The summed E-state index contributed by atoms with van der Waals surface area (Å²) < 4.78 is 0. The molecule has 0 saturated heterocycles. The van der Waals surface area contributed by atoms with Crippen molar-refractivity contribution >= 4 is 44.7 Å². The molecule has 0 fully saturated rings. The number of amides is 2. The SMILES string of the molecule is CN=Nc1c(O)c(C(=O)NCNC(=O)c2cc3ccccc3c(N=NC)c2O)cc2ccccc12. The Morgan fingerprint density at radius 2 is 1.11 bits per heavy atom. The smallest absolute Gasteiger partial charge is 0.256 e. The van der Waals surface area contributed by atoms with Gasteiger partial charge in [0.25, 0.3) is 11.8 Å². The van der Waals surface area contributed by atoms with Gasteiger partial charge in [-0.1, -0.05) is 48.5 Å². The van der Waals surface area contributed by atoms with Crippen molar-refractivity contribution in [2.75, 3.05) is 20.8 Å². The second-order valence-corrected chi connectivity index (χ2v) is 7.47. The summed E-state index contributed by atoms with van der Waals surface area (Å²) in [6.07, 6.45) is 0. The van der Waals surface area contributed by atoms with E-state index in [1.54, 1.807) is 48.5 Å². The molecule has 0 unspecified atom stereocenters. The number of nitrogens with zero attached hydrogens (tertiary/aromatic N) is 4. The van der Waals surface area contributed by atoms with Crippen molar-refractivity contribution in [1.82, 2.24) is 10.6 Å². The molecule has 0 aliphatic rings. The minimum Gasteiger partial charge on any atom is -0.505 e. The number of benzene rings is 4. The first kappa shape index (κ1) is 23.3. The third-order valence-electron chi connectivity index (χ3n) is 5.38. The molecule has 4 aromatic rings. The van der Waals surface area contributed by atoms with Gasteiger partial charge < -0.3 is 20.8 Å². The summed E-state index contributed by atoms with van der Waals surface area (Å²) in [6, 6.07) is 17.4. The summed E-state index contributed by atoms with van der Waals surface area (Å²) in [5.74, 6) is -1.88. The summed E-state index contributed by atoms with van der Waals surface area (Å²) in [4.78, 5) is 25.6. The van der Waals surface area contributed by atoms with Crippen molar-refractivity contribution in [3.63, 3.8) is 0 Å². The fourth-order valence-electron chi connectivity index (χ4n) is 3.78. The van der Waals surface area contributed by atoms with E-state index in [4.69, 9.17) is 0 Å². The fraction of sp³-hybridized carbons (Fsp3) is 0.120. The van der Waals surface area contributed by atoms with Gasteiger partial charge in [-0.15, -0.1) is 0 Å². The number of fused-ring (bicyclic) bond motifs is 2. The Labute approximate surface area is 200 Å². The number of carbonyl (C=O) groups excluding carboxylic acids is 2. The van der Waals surface area contributed by atoms with E-state index in [9.17, 15) is 19.8 Å². The Morgan fingerprint density at radius 3 is 1.51 bits per heavy atom. The van der Waals surface area contributed by atoms with Gasteiger partial charge in [-0.3, -0.25) is 9.59 Å². The van der Waals surface area contributed by atoms with Gasteiger partial charge in [0, 0.05) is 24.9 Å². The zero-order chi connectivity index (χ0) is 24.9. The molecule has 35 heavy (non-hydrogen) atoms. The van der Waals surface area contributed by atoms with Gasteiger partial charge in [0.1, 0.15) is 11.4 Å². The topological polar surface area (TPSA) is 148 Å². The Kier molecular flexibility index (Phi) is 6.63. The molecule has 0 bridgehead atoms. The average molecular weight is 470 g/mol. The first-order chi connectivity index (χ1) is 17.0. The van der Waals surface area contributed by atoms with E-state index >= 15 is 0 Å². The van der Waals surface area contributed by atoms with Crippen LogP contribution in [0.15, 0.2) is 81.1 Å². The maximum Gasteiger partial charge on any atom is 0.256 e. The highest BCUT2D eigenvalue weighted by Crippen LogP contribution is 2.39. The molecule has 0 saturated carbocycles. The molecular weight excluding hydrogens is 448 g/mol. The number of carbonyl (C=O) groups is 2. The molecule has 0 aliphatic carbocycles. The van der Waals surface area contributed by atoms with Crippen LogP contribution in [0.4, 0.5) is 11.4 Å². The lowest BCUT2D eigenvalue weighted by molar-refractivity contribution is 0.0918. The second kappa shape index (κ2) is 9.96. The van der Waals surface area contributed by atoms with Gasteiger partial charge in [-0.05, 0) is 22.9 Å². The first-order valence-corrected chi connectivity index (χ1v) is 10.6. The number of azo groups is 2. The monoisotopic (exact) mass is 470 g/mol. The molecule has 0 atom stereocenters. The van der Waals surface area contributed by atoms with E-state index in [-0.39, 0.29) is 40.7 Å². The summed E-state index contributed by atoms with van der Waals surface area (Å²) in [5, 5.41) is 44.4. The van der Waals surface area contributed by atoms with E-state index in [2.05, 4.69) is 31.1 Å². The molecule has 0 spiro atoms. The number of phenolic OH excluding ortho intramolecular Hbond substituents is 2. The van der Waals surface area contributed by atoms with Crippen LogP contribution in [-0.4, -0.2) is 42.8 Å². The summed E-state index contributed by atoms with van der Waals surface area (Å²) in [5.41, 5.74) is 0.330. The molecule has 4 rings (SSSR count). The molecule has 10 heteroatoms. The van der Waals surface area contributed by atoms with Crippen molar-refractivity contribution in [2.24, 2.45) is 20.5 Å². The van der Waals surface area contributed by atoms with Crippen molar-refractivity contribution in [2.45, 2.75) is 0 Å². The van der Waals surface area contributed by atoms with Crippen molar-refractivity contribution in [3.8, 4) is 11.5 Å². The normalized spacial score (nSPS) is 11.5. The molecular formula is C25H22N6O4. The molecule has 0 radical (unpaired) electrons. The predicted molar refractivity (Wildman–Crippen MR) is 132 cm³/mol. The van der Waals surface area contributed by atoms with E-state index in [1.807, 2.05) is 0 Å². The number of rotatable bonds is 6. The highest BCUT2D eigenvalue weighted by atomic mass is 16.3. The highest BCUT2D eigenvalue weighted by Gasteiger charge is 2.20. The lowest BCUT2D eigenvalue weighted by Gasteiger charge is -2.13. The molecule has 4 aromatic carbocycles. The van der Waals surface area contributed by atoms with Crippen LogP contribution in [0.2, 0.25) is 0 Å². The van der Waals surface area contributed by atoms with Crippen LogP contribution < -0.4 is 10.6 Å². The van der Waals surface area contributed by atoms with Crippen LogP contribution in [0, 0.1) is 0 Å². The number of aromatic hydroxyl groups is 2. The predicted octanol–water partition coefficient (Wildman–Crippen LogP) is 4.95. The van der Waals surface area contributed by atoms with Gasteiger partial charge in [0.2, 0.25) is 0 Å². The maximum absolute atomic E-state index is 12.8. The minimum absolute atomic E-state index is 0.0143. The van der Waals surface area contributed by atoms with Crippen LogP contribution >= 0.6 is 0 Å². The number of hydrogen-bond acceptors (Lipinski definition) is 8. The number of hydrogen-bond donors (Lipinski definition) is 4. The summed E-state index contributed by atoms with van der Waals surface area (Å²) in [6.45, 7) is -0.258. The van der Waals surface area contributed by atoms with E-state index < -0.39 is 11.8 Å². The Morgan fingerprint density at radius 1 is 0.714 bits per heavy atom. The largest absolute Gasteiger partial charge is 0.505 e. The van der Waals surface area contributed by atoms with Crippen LogP contribution in [0.1, 0.15) is 20.7 Å². The molecule has 0 aliphatic heterocycles. The molecule has 4 N–H and O–H groups in total. The third kappa shape index (κ3) is 4.49. The van der Waals surface area contributed by atoms with Crippen LogP contribution in [0.3, 0.4) is 0 Å². The fourth-order valence-corrected chi connectivity index (χ4v) is 3.78. The maximum atomic E-state index is 12.8. The van der Waals surface area contributed by atoms with Crippen molar-refractivity contribution in [3.05, 3.63) is 71.8 Å². The van der Waals surface area contributed by atoms with E-state index in [0.29, 0.717) is 21.5 Å². The van der Waals surface area contributed by atoms with Gasteiger partial charge >= 0.3 is 0 Å². The Balaban J connectivity index is 1.55. The van der Waals surface area contributed by atoms with Gasteiger partial charge in [0.15, 0.2) is 11.5 Å². The van der Waals surface area contributed by atoms with Gasteiger partial charge in [-0.2, -0.15) is 20.5 Å². The van der Waals surface area contributed by atoms with Crippen LogP contribution in [-0.2, 0) is 0 Å². The summed E-state index contributed by atoms with van der Waals surface area (Å²) >= 11 is 0. The molecule has 2 amide bonds. The Hall–Kier alpha value is -4.86.